The number of para-hydroxylation sites is 1. The zero-order valence-corrected chi connectivity index (χ0v) is 10.6. The molecule has 0 atom stereocenters. The molecule has 0 aliphatic rings. The molecule has 96 valence electrons. The number of carbonyl (C=O) groups excluding carboxylic acids is 1. The lowest BCUT2D eigenvalue weighted by Crippen LogP contribution is -2.17. The van der Waals surface area contributed by atoms with Gasteiger partial charge in [-0.3, -0.25) is 4.79 Å². The van der Waals surface area contributed by atoms with Crippen LogP contribution in [0.25, 0.3) is 0 Å². The van der Waals surface area contributed by atoms with Crippen molar-refractivity contribution >= 4 is 11.6 Å². The highest BCUT2D eigenvalue weighted by molar-refractivity contribution is 6.07. The number of anilines is 1. The summed E-state index contributed by atoms with van der Waals surface area (Å²) in [5.41, 5.74) is 0.725. The normalized spacial score (nSPS) is 10.2. The van der Waals surface area contributed by atoms with Crippen molar-refractivity contribution in [2.45, 2.75) is 13.3 Å². The Hall–Kier alpha value is -2.79. The number of carbonyl (C=O) groups is 1. The zero-order chi connectivity index (χ0) is 14.1. The summed E-state index contributed by atoms with van der Waals surface area (Å²) in [6.45, 7) is 2.67. The van der Waals surface area contributed by atoms with Gasteiger partial charge in [0.1, 0.15) is 17.7 Å². The van der Waals surface area contributed by atoms with E-state index in [0.717, 1.165) is 6.42 Å². The van der Waals surface area contributed by atoms with Gasteiger partial charge < -0.3 is 10.6 Å². The number of nitrogens with zero attached hydrogens (tertiary/aromatic N) is 2. The molecule has 0 unspecified atom stereocenters. The van der Waals surface area contributed by atoms with Gasteiger partial charge in [-0.2, -0.15) is 10.5 Å². The van der Waals surface area contributed by atoms with Gasteiger partial charge in [-0.25, -0.2) is 0 Å². The Morgan fingerprint density at radius 3 is 2.74 bits per heavy atom. The highest BCUT2D eigenvalue weighted by Gasteiger charge is 2.10. The first-order valence-electron chi connectivity index (χ1n) is 5.87. The molecule has 5 heteroatoms. The fourth-order valence-corrected chi connectivity index (χ4v) is 1.35. The highest BCUT2D eigenvalue weighted by Crippen LogP contribution is 2.14. The number of hydrogen-bond donors (Lipinski definition) is 2. The topological polar surface area (TPSA) is 88.7 Å². The van der Waals surface area contributed by atoms with Crippen molar-refractivity contribution in [3.63, 3.8) is 0 Å². The predicted molar refractivity (Wildman–Crippen MR) is 71.8 cm³/mol. The van der Waals surface area contributed by atoms with Crippen LogP contribution in [0.15, 0.2) is 36.0 Å². The molecule has 5 nitrogen and oxygen atoms in total. The minimum absolute atomic E-state index is 0.0267. The van der Waals surface area contributed by atoms with Crippen LogP contribution in [-0.4, -0.2) is 12.5 Å². The zero-order valence-electron chi connectivity index (χ0n) is 10.6. The molecular weight excluding hydrogens is 240 g/mol. The SMILES string of the molecule is CCCN/C=C(/C#N)C(=O)Nc1ccccc1C#N. The molecule has 19 heavy (non-hydrogen) atoms. The van der Waals surface area contributed by atoms with Gasteiger partial charge in [0, 0.05) is 12.7 Å². The monoisotopic (exact) mass is 254 g/mol. The maximum absolute atomic E-state index is 11.9. The summed E-state index contributed by atoms with van der Waals surface area (Å²) in [5, 5.41) is 23.2. The summed E-state index contributed by atoms with van der Waals surface area (Å²) in [6.07, 6.45) is 2.28. The minimum Gasteiger partial charge on any atom is -0.390 e. The quantitative estimate of drug-likeness (QED) is 0.477. The molecule has 0 radical (unpaired) electrons. The van der Waals surface area contributed by atoms with E-state index in [1.807, 2.05) is 19.1 Å². The second kappa shape index (κ2) is 7.52. The Morgan fingerprint density at radius 1 is 1.37 bits per heavy atom. The van der Waals surface area contributed by atoms with Crippen LogP contribution in [0.4, 0.5) is 5.69 Å². The van der Waals surface area contributed by atoms with E-state index in [-0.39, 0.29) is 5.57 Å². The first-order valence-corrected chi connectivity index (χ1v) is 5.87. The third kappa shape index (κ3) is 4.18. The smallest absolute Gasteiger partial charge is 0.267 e. The number of nitrogens with one attached hydrogen (secondary N) is 2. The molecule has 0 aliphatic carbocycles. The van der Waals surface area contributed by atoms with E-state index < -0.39 is 5.91 Å². The largest absolute Gasteiger partial charge is 0.390 e. The van der Waals surface area contributed by atoms with Crippen molar-refractivity contribution in [2.24, 2.45) is 0 Å². The molecule has 0 bridgehead atoms. The molecule has 1 amide bonds. The van der Waals surface area contributed by atoms with E-state index >= 15 is 0 Å². The number of amides is 1. The Balaban J connectivity index is 2.81. The molecule has 1 aromatic rings. The van der Waals surface area contributed by atoms with Crippen LogP contribution in [0.5, 0.6) is 0 Å². The van der Waals surface area contributed by atoms with Crippen LogP contribution in [0.1, 0.15) is 18.9 Å². The molecule has 0 saturated heterocycles. The van der Waals surface area contributed by atoms with Crippen molar-refractivity contribution in [3.8, 4) is 12.1 Å². The Bertz CT molecular complexity index is 564. The van der Waals surface area contributed by atoms with Crippen LogP contribution in [-0.2, 0) is 4.79 Å². The van der Waals surface area contributed by atoms with Crippen LogP contribution < -0.4 is 10.6 Å². The van der Waals surface area contributed by atoms with Gasteiger partial charge in [-0.15, -0.1) is 0 Å². The molecule has 0 fully saturated rings. The Labute approximate surface area is 112 Å². The van der Waals surface area contributed by atoms with E-state index in [1.54, 1.807) is 24.3 Å². The van der Waals surface area contributed by atoms with E-state index in [0.29, 0.717) is 17.8 Å². The van der Waals surface area contributed by atoms with Crippen LogP contribution in [0, 0.1) is 22.7 Å². The lowest BCUT2D eigenvalue weighted by molar-refractivity contribution is -0.112. The Morgan fingerprint density at radius 2 is 2.11 bits per heavy atom. The lowest BCUT2D eigenvalue weighted by Gasteiger charge is -2.06. The maximum atomic E-state index is 11.9. The third-order valence-electron chi connectivity index (χ3n) is 2.30. The van der Waals surface area contributed by atoms with Crippen molar-refractivity contribution in [2.75, 3.05) is 11.9 Å². The number of nitriles is 2. The molecule has 1 aromatic carbocycles. The van der Waals surface area contributed by atoms with Crippen molar-refractivity contribution < 1.29 is 4.79 Å². The standard InChI is InChI=1S/C14H14N4O/c1-2-7-17-10-12(9-16)14(19)18-13-6-4-3-5-11(13)8-15/h3-6,10,17H,2,7H2,1H3,(H,18,19)/b12-10-. The van der Waals surface area contributed by atoms with Gasteiger partial charge in [0.2, 0.25) is 0 Å². The van der Waals surface area contributed by atoms with E-state index in [9.17, 15) is 4.79 Å². The second-order valence-corrected chi connectivity index (χ2v) is 3.74. The number of rotatable bonds is 5. The molecule has 0 aliphatic heterocycles. The fourth-order valence-electron chi connectivity index (χ4n) is 1.35. The molecule has 2 N–H and O–H groups in total. The second-order valence-electron chi connectivity index (χ2n) is 3.74. The summed E-state index contributed by atoms with van der Waals surface area (Å²) < 4.78 is 0. The fraction of sp³-hybridized carbons (Fsp3) is 0.214. The summed E-state index contributed by atoms with van der Waals surface area (Å²) in [7, 11) is 0. The van der Waals surface area contributed by atoms with E-state index in [4.69, 9.17) is 10.5 Å². The van der Waals surface area contributed by atoms with Crippen molar-refractivity contribution in [1.82, 2.24) is 5.32 Å². The Kier molecular flexibility index (Phi) is 5.65. The molecule has 1 rings (SSSR count). The molecule has 0 aromatic heterocycles. The maximum Gasteiger partial charge on any atom is 0.267 e. The van der Waals surface area contributed by atoms with Crippen molar-refractivity contribution in [3.05, 3.63) is 41.6 Å². The highest BCUT2D eigenvalue weighted by atomic mass is 16.1. The van der Waals surface area contributed by atoms with Crippen LogP contribution >= 0.6 is 0 Å². The summed E-state index contributed by atoms with van der Waals surface area (Å²) >= 11 is 0. The average Bonchev–Trinajstić information content (AvgIpc) is 2.44. The van der Waals surface area contributed by atoms with Gasteiger partial charge in [0.05, 0.1) is 11.3 Å². The van der Waals surface area contributed by atoms with Crippen LogP contribution in [0.2, 0.25) is 0 Å². The molecule has 0 heterocycles. The molecule has 0 spiro atoms. The lowest BCUT2D eigenvalue weighted by atomic mass is 10.2. The number of benzene rings is 1. The molecular formula is C14H14N4O. The minimum atomic E-state index is -0.534. The average molecular weight is 254 g/mol. The van der Waals surface area contributed by atoms with E-state index in [1.165, 1.54) is 6.20 Å². The summed E-state index contributed by atoms with van der Waals surface area (Å²) in [5.74, 6) is -0.534. The summed E-state index contributed by atoms with van der Waals surface area (Å²) in [6, 6.07) is 10.4. The van der Waals surface area contributed by atoms with Gasteiger partial charge in [0.25, 0.3) is 5.91 Å². The first-order chi connectivity index (χ1) is 9.22. The van der Waals surface area contributed by atoms with Gasteiger partial charge >= 0.3 is 0 Å². The third-order valence-corrected chi connectivity index (χ3v) is 2.30. The van der Waals surface area contributed by atoms with Gasteiger partial charge in [-0.1, -0.05) is 19.1 Å². The number of hydrogen-bond acceptors (Lipinski definition) is 4. The van der Waals surface area contributed by atoms with Gasteiger partial charge in [0.15, 0.2) is 0 Å². The van der Waals surface area contributed by atoms with Gasteiger partial charge in [-0.05, 0) is 18.6 Å². The van der Waals surface area contributed by atoms with Crippen LogP contribution in [0.3, 0.4) is 0 Å². The first kappa shape index (κ1) is 14.3. The molecule has 0 saturated carbocycles. The predicted octanol–water partition coefficient (Wildman–Crippen LogP) is 1.90. The summed E-state index contributed by atoms with van der Waals surface area (Å²) in [4.78, 5) is 11.9. The van der Waals surface area contributed by atoms with E-state index in [2.05, 4.69) is 10.6 Å². The van der Waals surface area contributed by atoms with Crippen molar-refractivity contribution in [1.29, 1.82) is 10.5 Å².